The summed E-state index contributed by atoms with van der Waals surface area (Å²) >= 11 is 0. The van der Waals surface area contributed by atoms with Gasteiger partial charge in [-0.05, 0) is 13.8 Å². The number of hydrogen-bond donors (Lipinski definition) is 0. The van der Waals surface area contributed by atoms with Gasteiger partial charge >= 0.3 is 5.97 Å². The SMILES string of the molecule is COCC(=O)CC(=O)OC(C)C. The van der Waals surface area contributed by atoms with Crippen molar-refractivity contribution < 1.29 is 19.1 Å². The molecule has 4 heteroatoms. The molecule has 70 valence electrons. The number of ketones is 1. The van der Waals surface area contributed by atoms with Gasteiger partial charge < -0.3 is 9.47 Å². The van der Waals surface area contributed by atoms with E-state index in [9.17, 15) is 9.59 Å². The fraction of sp³-hybridized carbons (Fsp3) is 0.750. The zero-order chi connectivity index (χ0) is 9.56. The summed E-state index contributed by atoms with van der Waals surface area (Å²) in [7, 11) is 1.41. The lowest BCUT2D eigenvalue weighted by Gasteiger charge is -2.06. The maximum atomic E-state index is 10.8. The molecule has 0 spiro atoms. The van der Waals surface area contributed by atoms with E-state index in [1.807, 2.05) is 0 Å². The zero-order valence-corrected chi connectivity index (χ0v) is 7.62. The first-order valence-electron chi connectivity index (χ1n) is 3.76. The minimum Gasteiger partial charge on any atom is -0.463 e. The average Bonchev–Trinajstić information content (AvgIpc) is 1.84. The molecule has 0 fully saturated rings. The van der Waals surface area contributed by atoms with E-state index in [0.29, 0.717) is 0 Å². The van der Waals surface area contributed by atoms with Crippen molar-refractivity contribution in [2.24, 2.45) is 0 Å². The van der Waals surface area contributed by atoms with Crippen LogP contribution in [-0.2, 0) is 19.1 Å². The maximum Gasteiger partial charge on any atom is 0.313 e. The molecule has 0 bridgehead atoms. The number of ether oxygens (including phenoxy) is 2. The van der Waals surface area contributed by atoms with Crippen LogP contribution < -0.4 is 0 Å². The van der Waals surface area contributed by atoms with Gasteiger partial charge in [0.05, 0.1) is 6.10 Å². The van der Waals surface area contributed by atoms with Crippen LogP contribution in [0, 0.1) is 0 Å². The van der Waals surface area contributed by atoms with Crippen LogP contribution >= 0.6 is 0 Å². The van der Waals surface area contributed by atoms with Gasteiger partial charge in [-0.2, -0.15) is 0 Å². The Morgan fingerprint density at radius 1 is 1.33 bits per heavy atom. The molecule has 0 aromatic carbocycles. The van der Waals surface area contributed by atoms with Crippen LogP contribution in [0.3, 0.4) is 0 Å². The molecule has 0 aliphatic heterocycles. The average molecular weight is 174 g/mol. The normalized spacial score (nSPS) is 10.0. The molecule has 0 rings (SSSR count). The zero-order valence-electron chi connectivity index (χ0n) is 7.62. The van der Waals surface area contributed by atoms with Crippen molar-refractivity contribution in [2.45, 2.75) is 26.4 Å². The minimum atomic E-state index is -0.493. The Balaban J connectivity index is 3.62. The van der Waals surface area contributed by atoms with Gasteiger partial charge in [0.1, 0.15) is 13.0 Å². The lowest BCUT2D eigenvalue weighted by Crippen LogP contribution is -2.17. The standard InChI is InChI=1S/C8H14O4/c1-6(2)12-8(10)4-7(9)5-11-3/h6H,4-5H2,1-3H3. The van der Waals surface area contributed by atoms with Crippen molar-refractivity contribution in [1.29, 1.82) is 0 Å². The Morgan fingerprint density at radius 2 is 1.92 bits per heavy atom. The van der Waals surface area contributed by atoms with Crippen LogP contribution in [-0.4, -0.2) is 31.6 Å². The van der Waals surface area contributed by atoms with Crippen molar-refractivity contribution >= 4 is 11.8 Å². The van der Waals surface area contributed by atoms with E-state index in [-0.39, 0.29) is 24.9 Å². The second kappa shape index (κ2) is 5.71. The van der Waals surface area contributed by atoms with Gasteiger partial charge in [-0.15, -0.1) is 0 Å². The molecule has 0 aliphatic carbocycles. The van der Waals surface area contributed by atoms with Crippen LogP contribution in [0.25, 0.3) is 0 Å². The van der Waals surface area contributed by atoms with Crippen molar-refractivity contribution in [2.75, 3.05) is 13.7 Å². The fourth-order valence-electron chi connectivity index (χ4n) is 0.678. The molecular weight excluding hydrogens is 160 g/mol. The third-order valence-electron chi connectivity index (χ3n) is 1.01. The summed E-state index contributed by atoms with van der Waals surface area (Å²) in [5.74, 6) is -0.754. The molecule has 0 unspecified atom stereocenters. The topological polar surface area (TPSA) is 52.6 Å². The summed E-state index contributed by atoms with van der Waals surface area (Å²) in [5.41, 5.74) is 0. The summed E-state index contributed by atoms with van der Waals surface area (Å²) in [6, 6.07) is 0. The van der Waals surface area contributed by atoms with Crippen LogP contribution in [0.1, 0.15) is 20.3 Å². The van der Waals surface area contributed by atoms with Crippen molar-refractivity contribution in [3.8, 4) is 0 Å². The van der Waals surface area contributed by atoms with Crippen molar-refractivity contribution in [1.82, 2.24) is 0 Å². The molecule has 0 amide bonds. The summed E-state index contributed by atoms with van der Waals surface area (Å²) in [5, 5.41) is 0. The Bertz CT molecular complexity index is 162. The Labute approximate surface area is 71.8 Å². The second-order valence-electron chi connectivity index (χ2n) is 2.69. The highest BCUT2D eigenvalue weighted by molar-refractivity contribution is 5.96. The highest BCUT2D eigenvalue weighted by Gasteiger charge is 2.11. The summed E-state index contributed by atoms with van der Waals surface area (Å²) in [6.45, 7) is 3.44. The van der Waals surface area contributed by atoms with Gasteiger partial charge in [0.15, 0.2) is 5.78 Å². The molecule has 0 aromatic heterocycles. The van der Waals surface area contributed by atoms with Gasteiger partial charge in [0, 0.05) is 7.11 Å². The number of carbonyl (C=O) groups excluding carboxylic acids is 2. The number of rotatable bonds is 5. The van der Waals surface area contributed by atoms with Crippen molar-refractivity contribution in [3.05, 3.63) is 0 Å². The monoisotopic (exact) mass is 174 g/mol. The molecule has 0 aliphatic rings. The van der Waals surface area contributed by atoms with Crippen molar-refractivity contribution in [3.63, 3.8) is 0 Å². The van der Waals surface area contributed by atoms with E-state index in [2.05, 4.69) is 4.74 Å². The Kier molecular flexibility index (Phi) is 5.28. The van der Waals surface area contributed by atoms with E-state index >= 15 is 0 Å². The Morgan fingerprint density at radius 3 is 2.33 bits per heavy atom. The quantitative estimate of drug-likeness (QED) is 0.451. The molecule has 0 heterocycles. The van der Waals surface area contributed by atoms with Crippen LogP contribution in [0.2, 0.25) is 0 Å². The van der Waals surface area contributed by atoms with Crippen LogP contribution in [0.5, 0.6) is 0 Å². The van der Waals surface area contributed by atoms with Gasteiger partial charge in [-0.25, -0.2) is 0 Å². The molecule has 12 heavy (non-hydrogen) atoms. The lowest BCUT2D eigenvalue weighted by molar-refractivity contribution is -0.149. The van der Waals surface area contributed by atoms with Gasteiger partial charge in [0.25, 0.3) is 0 Å². The number of esters is 1. The molecule has 0 saturated heterocycles. The largest absolute Gasteiger partial charge is 0.463 e. The number of Topliss-reactive ketones (excluding diaryl/α,β-unsaturated/α-hetero) is 1. The first-order valence-corrected chi connectivity index (χ1v) is 3.76. The van der Waals surface area contributed by atoms with Crippen LogP contribution in [0.4, 0.5) is 0 Å². The maximum absolute atomic E-state index is 10.8. The number of carbonyl (C=O) groups is 2. The highest BCUT2D eigenvalue weighted by Crippen LogP contribution is 1.94. The molecule has 0 radical (unpaired) electrons. The summed E-state index contributed by atoms with van der Waals surface area (Å²) in [6.07, 6.45) is -0.376. The van der Waals surface area contributed by atoms with Gasteiger partial charge in [-0.1, -0.05) is 0 Å². The predicted octanol–water partition coefficient (Wildman–Crippen LogP) is 0.544. The summed E-state index contributed by atoms with van der Waals surface area (Å²) < 4.78 is 9.30. The molecule has 0 saturated carbocycles. The molecular formula is C8H14O4. The highest BCUT2D eigenvalue weighted by atomic mass is 16.5. The van der Waals surface area contributed by atoms with E-state index in [1.165, 1.54) is 7.11 Å². The smallest absolute Gasteiger partial charge is 0.313 e. The number of methoxy groups -OCH3 is 1. The first kappa shape index (κ1) is 11.1. The third kappa shape index (κ3) is 5.85. The second-order valence-corrected chi connectivity index (χ2v) is 2.69. The summed E-state index contributed by atoms with van der Waals surface area (Å²) in [4.78, 5) is 21.6. The Hall–Kier alpha value is -0.900. The molecule has 0 aromatic rings. The van der Waals surface area contributed by atoms with Gasteiger partial charge in [-0.3, -0.25) is 9.59 Å². The predicted molar refractivity (Wildman–Crippen MR) is 42.7 cm³/mol. The van der Waals surface area contributed by atoms with Gasteiger partial charge in [0.2, 0.25) is 0 Å². The van der Waals surface area contributed by atoms with E-state index < -0.39 is 5.97 Å². The first-order chi connectivity index (χ1) is 5.56. The third-order valence-corrected chi connectivity index (χ3v) is 1.01. The fourth-order valence-corrected chi connectivity index (χ4v) is 0.678. The molecule has 4 nitrogen and oxygen atoms in total. The molecule has 0 atom stereocenters. The minimum absolute atomic E-state index is 0.0345. The van der Waals surface area contributed by atoms with Crippen LogP contribution in [0.15, 0.2) is 0 Å². The molecule has 0 N–H and O–H groups in total. The van der Waals surface area contributed by atoms with E-state index in [0.717, 1.165) is 0 Å². The van der Waals surface area contributed by atoms with E-state index in [4.69, 9.17) is 4.74 Å². The van der Waals surface area contributed by atoms with E-state index in [1.54, 1.807) is 13.8 Å². The lowest BCUT2D eigenvalue weighted by atomic mass is 10.3. The number of hydrogen-bond acceptors (Lipinski definition) is 4.